The molecule has 0 aromatic heterocycles. The van der Waals surface area contributed by atoms with Crippen LogP contribution in [-0.4, -0.2) is 54.0 Å². The topological polar surface area (TPSA) is 40.6 Å². The molecule has 0 bridgehead atoms. The summed E-state index contributed by atoms with van der Waals surface area (Å²) in [5, 5.41) is 0. The first-order valence-corrected chi connectivity index (χ1v) is 7.47. The van der Waals surface area contributed by atoms with Gasteiger partial charge in [0, 0.05) is 32.6 Å². The highest BCUT2D eigenvalue weighted by atomic mass is 19.4. The fraction of sp³-hybridized carbons (Fsp3) is 0.500. The third-order valence-electron chi connectivity index (χ3n) is 3.87. The number of carbonyl (C=O) groups is 2. The summed E-state index contributed by atoms with van der Waals surface area (Å²) in [4.78, 5) is 25.5. The van der Waals surface area contributed by atoms with E-state index in [1.165, 1.54) is 4.90 Å². The van der Waals surface area contributed by atoms with Gasteiger partial charge in [-0.05, 0) is 18.9 Å². The van der Waals surface area contributed by atoms with Crippen molar-refractivity contribution in [3.63, 3.8) is 0 Å². The van der Waals surface area contributed by atoms with Crippen molar-refractivity contribution < 1.29 is 22.8 Å². The molecule has 0 unspecified atom stereocenters. The van der Waals surface area contributed by atoms with Crippen molar-refractivity contribution in [1.82, 2.24) is 9.80 Å². The quantitative estimate of drug-likeness (QED) is 0.853. The Balaban J connectivity index is 1.81. The molecule has 0 atom stereocenters. The molecule has 1 heterocycles. The summed E-state index contributed by atoms with van der Waals surface area (Å²) >= 11 is 0. The first kappa shape index (κ1) is 17.3. The molecule has 0 aliphatic carbocycles. The number of amides is 2. The Kier molecular flexibility index (Phi) is 5.28. The lowest BCUT2D eigenvalue weighted by Gasteiger charge is -2.35. The second kappa shape index (κ2) is 7.02. The van der Waals surface area contributed by atoms with Gasteiger partial charge in [0.15, 0.2) is 0 Å². The molecule has 1 aliphatic rings. The maximum atomic E-state index is 12.4. The number of piperazine rings is 1. The van der Waals surface area contributed by atoms with E-state index in [1.54, 1.807) is 0 Å². The maximum absolute atomic E-state index is 12.4. The van der Waals surface area contributed by atoms with Gasteiger partial charge >= 0.3 is 12.1 Å². The van der Waals surface area contributed by atoms with Gasteiger partial charge in [-0.3, -0.25) is 9.59 Å². The normalized spacial score (nSPS) is 15.7. The average molecular weight is 328 g/mol. The second-order valence-corrected chi connectivity index (χ2v) is 5.66. The van der Waals surface area contributed by atoms with Crippen molar-refractivity contribution in [2.75, 3.05) is 26.2 Å². The van der Waals surface area contributed by atoms with Crippen molar-refractivity contribution in [3.8, 4) is 0 Å². The summed E-state index contributed by atoms with van der Waals surface area (Å²) in [6.45, 7) is 2.12. The molecule has 0 N–H and O–H groups in total. The van der Waals surface area contributed by atoms with Crippen LogP contribution >= 0.6 is 0 Å². The number of carbonyl (C=O) groups excluding carboxylic acids is 2. The monoisotopic (exact) mass is 328 g/mol. The van der Waals surface area contributed by atoms with Crippen LogP contribution in [0.5, 0.6) is 0 Å². The minimum atomic E-state index is -4.85. The van der Waals surface area contributed by atoms with Crippen LogP contribution in [0.4, 0.5) is 13.2 Å². The molecule has 1 aromatic carbocycles. The molecule has 23 heavy (non-hydrogen) atoms. The predicted octanol–water partition coefficient (Wildman–Crippen LogP) is 2.16. The summed E-state index contributed by atoms with van der Waals surface area (Å²) in [6.07, 6.45) is -3.93. The highest BCUT2D eigenvalue weighted by Gasteiger charge is 2.43. The van der Waals surface area contributed by atoms with Gasteiger partial charge < -0.3 is 9.80 Å². The van der Waals surface area contributed by atoms with Crippen LogP contribution in [0.1, 0.15) is 17.5 Å². The van der Waals surface area contributed by atoms with E-state index in [2.05, 4.69) is 0 Å². The Morgan fingerprint density at radius 1 is 1.09 bits per heavy atom. The van der Waals surface area contributed by atoms with Crippen molar-refractivity contribution in [2.24, 2.45) is 0 Å². The van der Waals surface area contributed by atoms with Crippen molar-refractivity contribution in [1.29, 1.82) is 0 Å². The minimum Gasteiger partial charge on any atom is -0.339 e. The lowest BCUT2D eigenvalue weighted by atomic mass is 10.1. The first-order chi connectivity index (χ1) is 10.8. The lowest BCUT2D eigenvalue weighted by molar-refractivity contribution is -0.187. The van der Waals surface area contributed by atoms with E-state index < -0.39 is 12.1 Å². The summed E-state index contributed by atoms with van der Waals surface area (Å²) in [7, 11) is 0. The van der Waals surface area contributed by atoms with E-state index in [-0.39, 0.29) is 32.1 Å². The largest absolute Gasteiger partial charge is 0.471 e. The molecule has 0 spiro atoms. The van der Waals surface area contributed by atoms with Crippen LogP contribution in [0.15, 0.2) is 24.3 Å². The third-order valence-corrected chi connectivity index (χ3v) is 3.87. The second-order valence-electron chi connectivity index (χ2n) is 5.66. The van der Waals surface area contributed by atoms with Gasteiger partial charge in [-0.1, -0.05) is 29.8 Å². The number of rotatable bonds is 3. The lowest BCUT2D eigenvalue weighted by Crippen LogP contribution is -2.53. The van der Waals surface area contributed by atoms with E-state index >= 15 is 0 Å². The zero-order valence-corrected chi connectivity index (χ0v) is 12.9. The van der Waals surface area contributed by atoms with Gasteiger partial charge in [-0.25, -0.2) is 0 Å². The summed E-state index contributed by atoms with van der Waals surface area (Å²) in [5.41, 5.74) is 2.18. The summed E-state index contributed by atoms with van der Waals surface area (Å²) < 4.78 is 37.1. The molecule has 1 aliphatic heterocycles. The van der Waals surface area contributed by atoms with Crippen LogP contribution < -0.4 is 0 Å². The molecule has 2 amide bonds. The summed E-state index contributed by atoms with van der Waals surface area (Å²) in [6, 6.07) is 7.85. The van der Waals surface area contributed by atoms with Gasteiger partial charge in [0.05, 0.1) is 0 Å². The Morgan fingerprint density at radius 3 is 2.26 bits per heavy atom. The van der Waals surface area contributed by atoms with E-state index in [0.717, 1.165) is 16.0 Å². The number of nitrogens with zero attached hydrogens (tertiary/aromatic N) is 2. The number of hydrogen-bond donors (Lipinski definition) is 0. The Bertz CT molecular complexity index is 579. The molecule has 0 radical (unpaired) electrons. The molecule has 7 heteroatoms. The molecule has 2 rings (SSSR count). The average Bonchev–Trinajstić information content (AvgIpc) is 2.51. The third kappa shape index (κ3) is 4.71. The fourth-order valence-electron chi connectivity index (χ4n) is 2.62. The number of halogens is 3. The SMILES string of the molecule is Cc1cccc(CCC(=O)N2CCN(C(=O)C(F)(F)F)CC2)c1. The highest BCUT2D eigenvalue weighted by molar-refractivity contribution is 5.82. The van der Waals surface area contributed by atoms with Crippen LogP contribution in [-0.2, 0) is 16.0 Å². The van der Waals surface area contributed by atoms with Crippen molar-refractivity contribution in [2.45, 2.75) is 25.9 Å². The van der Waals surface area contributed by atoms with Crippen molar-refractivity contribution in [3.05, 3.63) is 35.4 Å². The molecule has 126 valence electrons. The molecule has 1 aromatic rings. The fourth-order valence-corrected chi connectivity index (χ4v) is 2.62. The Morgan fingerprint density at radius 2 is 1.70 bits per heavy atom. The summed E-state index contributed by atoms with van der Waals surface area (Å²) in [5.74, 6) is -1.92. The number of benzene rings is 1. The van der Waals surface area contributed by atoms with Crippen LogP contribution in [0.3, 0.4) is 0 Å². The van der Waals surface area contributed by atoms with Gasteiger partial charge in [0.25, 0.3) is 0 Å². The van der Waals surface area contributed by atoms with Gasteiger partial charge in [0.1, 0.15) is 0 Å². The standard InChI is InChI=1S/C16H19F3N2O2/c1-12-3-2-4-13(11-12)5-6-14(22)20-7-9-21(10-8-20)15(23)16(17,18)19/h2-4,11H,5-10H2,1H3. The predicted molar refractivity (Wildman–Crippen MR) is 78.7 cm³/mol. The zero-order chi connectivity index (χ0) is 17.0. The van der Waals surface area contributed by atoms with Gasteiger partial charge in [0.2, 0.25) is 5.91 Å². The molecular weight excluding hydrogens is 309 g/mol. The Labute approximate surface area is 132 Å². The molecule has 4 nitrogen and oxygen atoms in total. The van der Waals surface area contributed by atoms with Gasteiger partial charge in [-0.2, -0.15) is 13.2 Å². The smallest absolute Gasteiger partial charge is 0.339 e. The van der Waals surface area contributed by atoms with Gasteiger partial charge in [-0.15, -0.1) is 0 Å². The van der Waals surface area contributed by atoms with E-state index in [0.29, 0.717) is 12.8 Å². The van der Waals surface area contributed by atoms with E-state index in [1.807, 2.05) is 31.2 Å². The van der Waals surface area contributed by atoms with Crippen LogP contribution in [0.25, 0.3) is 0 Å². The first-order valence-electron chi connectivity index (χ1n) is 7.47. The van der Waals surface area contributed by atoms with Crippen molar-refractivity contribution >= 4 is 11.8 Å². The number of alkyl halides is 3. The molecule has 1 saturated heterocycles. The molecular formula is C16H19F3N2O2. The highest BCUT2D eigenvalue weighted by Crippen LogP contribution is 2.19. The Hall–Kier alpha value is -2.05. The zero-order valence-electron chi connectivity index (χ0n) is 12.9. The molecule has 0 saturated carbocycles. The number of hydrogen-bond acceptors (Lipinski definition) is 2. The van der Waals surface area contributed by atoms with Crippen LogP contribution in [0, 0.1) is 6.92 Å². The minimum absolute atomic E-state index is 0.0749. The maximum Gasteiger partial charge on any atom is 0.471 e. The molecule has 1 fully saturated rings. The van der Waals surface area contributed by atoms with E-state index in [9.17, 15) is 22.8 Å². The number of aryl methyl sites for hydroxylation is 2. The van der Waals surface area contributed by atoms with Crippen LogP contribution in [0.2, 0.25) is 0 Å². The van der Waals surface area contributed by atoms with E-state index in [4.69, 9.17) is 0 Å².